The van der Waals surface area contributed by atoms with Crippen LogP contribution in [0.25, 0.3) is 0 Å². The van der Waals surface area contributed by atoms with Crippen LogP contribution in [-0.4, -0.2) is 5.11 Å². The Morgan fingerprint density at radius 3 is 2.23 bits per heavy atom. The van der Waals surface area contributed by atoms with Crippen LogP contribution in [0.2, 0.25) is 0 Å². The van der Waals surface area contributed by atoms with Gasteiger partial charge in [0.05, 0.1) is 6.04 Å². The van der Waals surface area contributed by atoms with Crippen molar-refractivity contribution in [2.24, 2.45) is 0 Å². The molecule has 0 saturated heterocycles. The molecule has 0 bridgehead atoms. The van der Waals surface area contributed by atoms with Gasteiger partial charge in [-0.2, -0.15) is 0 Å². The van der Waals surface area contributed by atoms with Gasteiger partial charge in [0.1, 0.15) is 0 Å². The second-order valence-electron chi connectivity index (χ2n) is 5.37. The van der Waals surface area contributed by atoms with E-state index in [1.165, 1.54) is 12.1 Å². The Morgan fingerprint density at radius 1 is 1.00 bits per heavy atom. The monoisotopic (exact) mass is 320 g/mol. The fraction of sp³-hybridized carbons (Fsp3) is 0.235. The molecule has 2 N–H and O–H groups in total. The van der Waals surface area contributed by atoms with E-state index in [1.54, 1.807) is 0 Å². The minimum Gasteiger partial charge on any atom is -0.356 e. The molecular weight excluding hydrogens is 302 g/mol. The van der Waals surface area contributed by atoms with Crippen LogP contribution in [0.3, 0.4) is 0 Å². The molecule has 2 aromatic carbocycles. The highest BCUT2D eigenvalue weighted by atomic mass is 32.1. The van der Waals surface area contributed by atoms with Crippen molar-refractivity contribution < 1.29 is 8.78 Å². The maximum absolute atomic E-state index is 13.3. The van der Waals surface area contributed by atoms with Gasteiger partial charge in [-0.15, -0.1) is 0 Å². The number of hydrogen-bond donors (Lipinski definition) is 2. The van der Waals surface area contributed by atoms with Crippen LogP contribution >= 0.6 is 12.2 Å². The molecular formula is C17H18F2N2S. The third-order valence-electron chi connectivity index (χ3n) is 3.27. The Morgan fingerprint density at radius 2 is 1.64 bits per heavy atom. The molecule has 2 rings (SSSR count). The van der Waals surface area contributed by atoms with E-state index in [0.717, 1.165) is 22.9 Å². The summed E-state index contributed by atoms with van der Waals surface area (Å²) < 4.78 is 26.2. The van der Waals surface area contributed by atoms with Gasteiger partial charge >= 0.3 is 0 Å². The largest absolute Gasteiger partial charge is 0.356 e. The number of rotatable bonds is 3. The molecule has 0 heterocycles. The predicted octanol–water partition coefficient (Wildman–Crippen LogP) is 4.63. The van der Waals surface area contributed by atoms with Crippen molar-refractivity contribution in [3.63, 3.8) is 0 Å². The highest BCUT2D eigenvalue weighted by molar-refractivity contribution is 7.80. The SMILES string of the molecule is Cc1cc(C)cc(NC(=S)N[C@H](C)c2ccc(F)c(F)c2)c1. The van der Waals surface area contributed by atoms with Gasteiger partial charge in [-0.3, -0.25) is 0 Å². The van der Waals surface area contributed by atoms with E-state index in [2.05, 4.69) is 16.7 Å². The molecule has 0 saturated carbocycles. The number of anilines is 1. The zero-order valence-corrected chi connectivity index (χ0v) is 13.5. The predicted molar refractivity (Wildman–Crippen MR) is 90.0 cm³/mol. The van der Waals surface area contributed by atoms with Crippen LogP contribution in [0.15, 0.2) is 36.4 Å². The number of aryl methyl sites for hydroxylation is 2. The first-order valence-corrected chi connectivity index (χ1v) is 7.37. The van der Waals surface area contributed by atoms with Gasteiger partial charge in [0, 0.05) is 5.69 Å². The van der Waals surface area contributed by atoms with Crippen molar-refractivity contribution in [2.45, 2.75) is 26.8 Å². The first-order valence-electron chi connectivity index (χ1n) is 6.96. The molecule has 5 heteroatoms. The van der Waals surface area contributed by atoms with E-state index in [9.17, 15) is 8.78 Å². The van der Waals surface area contributed by atoms with E-state index in [4.69, 9.17) is 12.2 Å². The summed E-state index contributed by atoms with van der Waals surface area (Å²) in [5.74, 6) is -1.72. The van der Waals surface area contributed by atoms with Crippen molar-refractivity contribution in [1.82, 2.24) is 5.32 Å². The van der Waals surface area contributed by atoms with E-state index in [0.29, 0.717) is 10.7 Å². The topological polar surface area (TPSA) is 24.1 Å². The first-order chi connectivity index (χ1) is 10.3. The molecule has 116 valence electrons. The summed E-state index contributed by atoms with van der Waals surface area (Å²) in [6.45, 7) is 5.86. The lowest BCUT2D eigenvalue weighted by atomic mass is 10.1. The normalized spacial score (nSPS) is 11.9. The van der Waals surface area contributed by atoms with Gasteiger partial charge in [-0.25, -0.2) is 8.78 Å². The van der Waals surface area contributed by atoms with Gasteiger partial charge in [0.15, 0.2) is 16.7 Å². The molecule has 0 amide bonds. The van der Waals surface area contributed by atoms with E-state index in [-0.39, 0.29) is 6.04 Å². The van der Waals surface area contributed by atoms with E-state index < -0.39 is 11.6 Å². The van der Waals surface area contributed by atoms with E-state index >= 15 is 0 Å². The summed E-state index contributed by atoms with van der Waals surface area (Å²) in [6.07, 6.45) is 0. The zero-order valence-electron chi connectivity index (χ0n) is 12.7. The fourth-order valence-electron chi connectivity index (χ4n) is 2.28. The first kappa shape index (κ1) is 16.4. The maximum atomic E-state index is 13.3. The standard InChI is InChI=1S/C17H18F2N2S/c1-10-6-11(2)8-14(7-10)21-17(22)20-12(3)13-4-5-15(18)16(19)9-13/h4-9,12H,1-3H3,(H2,20,21,22)/t12-/m1/s1. The number of nitrogens with one attached hydrogen (secondary N) is 2. The average molecular weight is 320 g/mol. The van der Waals surface area contributed by atoms with Crippen LogP contribution in [-0.2, 0) is 0 Å². The molecule has 2 nitrogen and oxygen atoms in total. The zero-order chi connectivity index (χ0) is 16.3. The molecule has 0 aliphatic heterocycles. The van der Waals surface area contributed by atoms with Crippen LogP contribution in [0, 0.1) is 25.5 Å². The summed E-state index contributed by atoms with van der Waals surface area (Å²) in [5.41, 5.74) is 3.80. The Kier molecular flexibility index (Phi) is 5.08. The molecule has 2 aromatic rings. The van der Waals surface area contributed by atoms with Crippen molar-refractivity contribution in [3.05, 3.63) is 64.7 Å². The summed E-state index contributed by atoms with van der Waals surface area (Å²) >= 11 is 5.27. The van der Waals surface area contributed by atoms with Crippen molar-refractivity contribution in [3.8, 4) is 0 Å². The molecule has 0 fully saturated rings. The molecule has 0 aromatic heterocycles. The molecule has 0 aliphatic rings. The van der Waals surface area contributed by atoms with Crippen LogP contribution in [0.1, 0.15) is 29.7 Å². The maximum Gasteiger partial charge on any atom is 0.171 e. The van der Waals surface area contributed by atoms with Crippen molar-refractivity contribution in [2.75, 3.05) is 5.32 Å². The fourth-order valence-corrected chi connectivity index (χ4v) is 2.57. The van der Waals surface area contributed by atoms with Gasteiger partial charge < -0.3 is 10.6 Å². The molecule has 0 spiro atoms. The van der Waals surface area contributed by atoms with Crippen LogP contribution < -0.4 is 10.6 Å². The molecule has 1 atom stereocenters. The van der Waals surface area contributed by atoms with Gasteiger partial charge in [-0.1, -0.05) is 12.1 Å². The minimum atomic E-state index is -0.862. The van der Waals surface area contributed by atoms with Crippen molar-refractivity contribution in [1.29, 1.82) is 0 Å². The lowest BCUT2D eigenvalue weighted by Gasteiger charge is -2.18. The quantitative estimate of drug-likeness (QED) is 0.806. The number of benzene rings is 2. The summed E-state index contributed by atoms with van der Waals surface area (Å²) in [4.78, 5) is 0. The Balaban J connectivity index is 2.03. The second-order valence-corrected chi connectivity index (χ2v) is 5.78. The third-order valence-corrected chi connectivity index (χ3v) is 3.49. The Bertz CT molecular complexity index is 681. The number of halogens is 2. The van der Waals surface area contributed by atoms with Gasteiger partial charge in [-0.05, 0) is 73.9 Å². The van der Waals surface area contributed by atoms with Crippen LogP contribution in [0.4, 0.5) is 14.5 Å². The average Bonchev–Trinajstić information content (AvgIpc) is 2.40. The van der Waals surface area contributed by atoms with Gasteiger partial charge in [0.2, 0.25) is 0 Å². The summed E-state index contributed by atoms with van der Waals surface area (Å²) in [5, 5.41) is 6.60. The Labute approximate surface area is 134 Å². The Hall–Kier alpha value is -2.01. The van der Waals surface area contributed by atoms with Gasteiger partial charge in [0.25, 0.3) is 0 Å². The summed E-state index contributed by atoms with van der Waals surface area (Å²) in [6, 6.07) is 9.64. The lowest BCUT2D eigenvalue weighted by molar-refractivity contribution is 0.505. The minimum absolute atomic E-state index is 0.235. The molecule has 0 unspecified atom stereocenters. The van der Waals surface area contributed by atoms with Crippen LogP contribution in [0.5, 0.6) is 0 Å². The smallest absolute Gasteiger partial charge is 0.171 e. The second kappa shape index (κ2) is 6.83. The highest BCUT2D eigenvalue weighted by Crippen LogP contribution is 2.17. The number of hydrogen-bond acceptors (Lipinski definition) is 1. The van der Waals surface area contributed by atoms with E-state index in [1.807, 2.05) is 32.9 Å². The third kappa shape index (κ3) is 4.24. The lowest BCUT2D eigenvalue weighted by Crippen LogP contribution is -2.31. The molecule has 0 aliphatic carbocycles. The van der Waals surface area contributed by atoms with Crippen molar-refractivity contribution >= 4 is 23.0 Å². The molecule has 0 radical (unpaired) electrons. The summed E-state index contributed by atoms with van der Waals surface area (Å²) in [7, 11) is 0. The number of thiocarbonyl (C=S) groups is 1. The molecule has 22 heavy (non-hydrogen) atoms. The highest BCUT2D eigenvalue weighted by Gasteiger charge is 2.10.